The summed E-state index contributed by atoms with van der Waals surface area (Å²) in [6.45, 7) is 3.65. The maximum Gasteiger partial charge on any atom is 0.0995 e. The molecule has 0 saturated carbocycles. The lowest BCUT2D eigenvalue weighted by molar-refractivity contribution is 0.113. The average molecular weight is 216 g/mol. The first-order valence-corrected chi connectivity index (χ1v) is 5.64. The Morgan fingerprint density at radius 1 is 1.50 bits per heavy atom. The molecule has 1 aliphatic rings. The third-order valence-corrected chi connectivity index (χ3v) is 3.07. The van der Waals surface area contributed by atoms with Crippen molar-refractivity contribution in [3.8, 4) is 6.07 Å². The number of nitriles is 1. The van der Waals surface area contributed by atoms with Gasteiger partial charge in [0.1, 0.15) is 0 Å². The second kappa shape index (κ2) is 5.11. The van der Waals surface area contributed by atoms with Crippen molar-refractivity contribution < 1.29 is 4.74 Å². The lowest BCUT2D eigenvalue weighted by atomic mass is 10.1. The highest BCUT2D eigenvalue weighted by Crippen LogP contribution is 2.14. The zero-order valence-electron chi connectivity index (χ0n) is 9.44. The lowest BCUT2D eigenvalue weighted by Crippen LogP contribution is -2.34. The van der Waals surface area contributed by atoms with Gasteiger partial charge in [0.05, 0.1) is 17.7 Å². The van der Waals surface area contributed by atoms with Gasteiger partial charge in [-0.05, 0) is 25.0 Å². The van der Waals surface area contributed by atoms with Crippen LogP contribution in [0.1, 0.15) is 24.5 Å². The van der Waals surface area contributed by atoms with Gasteiger partial charge in [-0.1, -0.05) is 18.2 Å². The van der Waals surface area contributed by atoms with Crippen LogP contribution < -0.4 is 5.32 Å². The predicted molar refractivity (Wildman–Crippen MR) is 61.8 cm³/mol. The van der Waals surface area contributed by atoms with Crippen LogP contribution in [0.15, 0.2) is 24.3 Å². The zero-order chi connectivity index (χ0) is 11.4. The van der Waals surface area contributed by atoms with Gasteiger partial charge in [0.25, 0.3) is 0 Å². The molecule has 0 bridgehead atoms. The Morgan fingerprint density at radius 2 is 2.31 bits per heavy atom. The van der Waals surface area contributed by atoms with E-state index in [-0.39, 0.29) is 6.10 Å². The summed E-state index contributed by atoms with van der Waals surface area (Å²) in [6, 6.07) is 10.3. The molecule has 2 atom stereocenters. The number of nitrogens with one attached hydrogen (secondary N) is 1. The van der Waals surface area contributed by atoms with Gasteiger partial charge in [-0.25, -0.2) is 0 Å². The van der Waals surface area contributed by atoms with Gasteiger partial charge in [-0.15, -0.1) is 0 Å². The molecule has 0 radical (unpaired) electrons. The Kier molecular flexibility index (Phi) is 3.55. The van der Waals surface area contributed by atoms with Crippen LogP contribution in [-0.4, -0.2) is 18.8 Å². The van der Waals surface area contributed by atoms with E-state index in [0.29, 0.717) is 6.04 Å². The molecule has 1 aromatic carbocycles. The minimum Gasteiger partial charge on any atom is -0.377 e. The Balaban J connectivity index is 1.97. The van der Waals surface area contributed by atoms with E-state index in [2.05, 4.69) is 18.3 Å². The smallest absolute Gasteiger partial charge is 0.0995 e. The minimum atomic E-state index is 0.272. The summed E-state index contributed by atoms with van der Waals surface area (Å²) < 4.78 is 5.48. The van der Waals surface area contributed by atoms with Gasteiger partial charge in [-0.2, -0.15) is 5.26 Å². The van der Waals surface area contributed by atoms with Gasteiger partial charge >= 0.3 is 0 Å². The maximum atomic E-state index is 8.96. The molecular weight excluding hydrogens is 200 g/mol. The number of hydrogen-bond donors (Lipinski definition) is 1. The summed E-state index contributed by atoms with van der Waals surface area (Å²) in [7, 11) is 0. The predicted octanol–water partition coefficient (Wildman–Crippen LogP) is 1.83. The normalized spacial score (nSPS) is 24.2. The second-order valence-corrected chi connectivity index (χ2v) is 4.12. The van der Waals surface area contributed by atoms with Gasteiger partial charge in [0, 0.05) is 19.2 Å². The average Bonchev–Trinajstić information content (AvgIpc) is 2.72. The Labute approximate surface area is 96.0 Å². The SMILES string of the molecule is CC1OCCC1NCc1ccccc1C#N. The van der Waals surface area contributed by atoms with E-state index in [0.717, 1.165) is 30.7 Å². The number of rotatable bonds is 3. The van der Waals surface area contributed by atoms with Crippen molar-refractivity contribution in [1.82, 2.24) is 5.32 Å². The number of hydrogen-bond acceptors (Lipinski definition) is 3. The molecule has 0 spiro atoms. The summed E-state index contributed by atoms with van der Waals surface area (Å²) in [5, 5.41) is 12.4. The van der Waals surface area contributed by atoms with Gasteiger partial charge < -0.3 is 10.1 Å². The molecule has 2 rings (SSSR count). The quantitative estimate of drug-likeness (QED) is 0.838. The Morgan fingerprint density at radius 3 is 3.00 bits per heavy atom. The van der Waals surface area contributed by atoms with Crippen molar-refractivity contribution in [3.63, 3.8) is 0 Å². The fourth-order valence-corrected chi connectivity index (χ4v) is 2.02. The molecule has 0 aromatic heterocycles. The first-order chi connectivity index (χ1) is 7.81. The highest BCUT2D eigenvalue weighted by Gasteiger charge is 2.23. The van der Waals surface area contributed by atoms with Crippen LogP contribution in [0.5, 0.6) is 0 Å². The van der Waals surface area contributed by atoms with Crippen LogP contribution in [0.2, 0.25) is 0 Å². The van der Waals surface area contributed by atoms with E-state index in [1.807, 2.05) is 24.3 Å². The molecule has 1 N–H and O–H groups in total. The number of nitrogens with zero attached hydrogens (tertiary/aromatic N) is 1. The third-order valence-electron chi connectivity index (χ3n) is 3.07. The fourth-order valence-electron chi connectivity index (χ4n) is 2.02. The van der Waals surface area contributed by atoms with Crippen molar-refractivity contribution in [3.05, 3.63) is 35.4 Å². The van der Waals surface area contributed by atoms with Crippen molar-refractivity contribution in [2.24, 2.45) is 0 Å². The van der Waals surface area contributed by atoms with Crippen molar-refractivity contribution in [1.29, 1.82) is 5.26 Å². The van der Waals surface area contributed by atoms with Crippen LogP contribution in [-0.2, 0) is 11.3 Å². The molecule has 1 heterocycles. The fraction of sp³-hybridized carbons (Fsp3) is 0.462. The highest BCUT2D eigenvalue weighted by atomic mass is 16.5. The number of benzene rings is 1. The van der Waals surface area contributed by atoms with E-state index in [9.17, 15) is 0 Å². The standard InChI is InChI=1S/C13H16N2O/c1-10-13(6-7-16-10)15-9-12-5-3-2-4-11(12)8-14/h2-5,10,13,15H,6-7,9H2,1H3. The molecule has 3 nitrogen and oxygen atoms in total. The maximum absolute atomic E-state index is 8.96. The molecule has 1 fully saturated rings. The zero-order valence-corrected chi connectivity index (χ0v) is 9.44. The van der Waals surface area contributed by atoms with Crippen LogP contribution in [0.3, 0.4) is 0 Å². The van der Waals surface area contributed by atoms with E-state index < -0.39 is 0 Å². The molecule has 0 amide bonds. The second-order valence-electron chi connectivity index (χ2n) is 4.12. The number of ether oxygens (including phenoxy) is 1. The molecule has 1 saturated heterocycles. The Hall–Kier alpha value is -1.37. The summed E-state index contributed by atoms with van der Waals surface area (Å²) in [5.41, 5.74) is 1.81. The first kappa shape index (κ1) is 11.1. The largest absolute Gasteiger partial charge is 0.377 e. The van der Waals surface area contributed by atoms with Crippen LogP contribution >= 0.6 is 0 Å². The molecule has 3 heteroatoms. The van der Waals surface area contributed by atoms with E-state index in [4.69, 9.17) is 10.00 Å². The molecule has 84 valence electrons. The lowest BCUT2D eigenvalue weighted by Gasteiger charge is -2.16. The third kappa shape index (κ3) is 2.41. The van der Waals surface area contributed by atoms with Gasteiger partial charge in [0.2, 0.25) is 0 Å². The van der Waals surface area contributed by atoms with Crippen molar-refractivity contribution in [2.75, 3.05) is 6.61 Å². The van der Waals surface area contributed by atoms with Gasteiger partial charge in [0.15, 0.2) is 0 Å². The summed E-state index contributed by atoms with van der Waals surface area (Å²) in [5.74, 6) is 0. The van der Waals surface area contributed by atoms with Crippen LogP contribution in [0, 0.1) is 11.3 Å². The minimum absolute atomic E-state index is 0.272. The van der Waals surface area contributed by atoms with Crippen molar-refractivity contribution >= 4 is 0 Å². The molecule has 2 unspecified atom stereocenters. The van der Waals surface area contributed by atoms with Gasteiger partial charge in [-0.3, -0.25) is 0 Å². The van der Waals surface area contributed by atoms with E-state index in [1.54, 1.807) is 0 Å². The molecule has 1 aromatic rings. The van der Waals surface area contributed by atoms with E-state index in [1.165, 1.54) is 0 Å². The highest BCUT2D eigenvalue weighted by molar-refractivity contribution is 5.37. The topological polar surface area (TPSA) is 45.0 Å². The Bertz CT molecular complexity index is 397. The summed E-state index contributed by atoms with van der Waals surface area (Å²) in [4.78, 5) is 0. The first-order valence-electron chi connectivity index (χ1n) is 5.64. The summed E-state index contributed by atoms with van der Waals surface area (Å²) in [6.07, 6.45) is 1.32. The monoisotopic (exact) mass is 216 g/mol. The molecule has 16 heavy (non-hydrogen) atoms. The summed E-state index contributed by atoms with van der Waals surface area (Å²) >= 11 is 0. The molecular formula is C13H16N2O. The van der Waals surface area contributed by atoms with Crippen LogP contribution in [0.25, 0.3) is 0 Å². The van der Waals surface area contributed by atoms with Crippen LogP contribution in [0.4, 0.5) is 0 Å². The molecule has 0 aliphatic carbocycles. The van der Waals surface area contributed by atoms with Crippen molar-refractivity contribution in [2.45, 2.75) is 32.0 Å². The molecule has 1 aliphatic heterocycles. The van der Waals surface area contributed by atoms with E-state index >= 15 is 0 Å².